The fourth-order valence-electron chi connectivity index (χ4n) is 3.98. The summed E-state index contributed by atoms with van der Waals surface area (Å²) in [7, 11) is 1.52. The molecule has 0 aliphatic heterocycles. The van der Waals surface area contributed by atoms with Crippen molar-refractivity contribution in [2.75, 3.05) is 6.61 Å². The van der Waals surface area contributed by atoms with E-state index in [0.717, 1.165) is 0 Å². The van der Waals surface area contributed by atoms with Gasteiger partial charge in [-0.15, -0.1) is 5.10 Å². The Morgan fingerprint density at radius 1 is 1.05 bits per heavy atom. The minimum atomic E-state index is -2.95. The number of halogens is 5. The smallest absolute Gasteiger partial charge is 0.323 e. The molecule has 1 atom stereocenters. The molecule has 1 aromatic carbocycles. The fourth-order valence-corrected chi connectivity index (χ4v) is 4.14. The van der Waals surface area contributed by atoms with Crippen molar-refractivity contribution in [1.29, 1.82) is 0 Å². The van der Waals surface area contributed by atoms with Crippen LogP contribution in [0.4, 0.5) is 17.6 Å². The van der Waals surface area contributed by atoms with Crippen LogP contribution >= 0.6 is 11.6 Å². The Balaban J connectivity index is 1.51. The molecule has 5 rings (SSSR count). The summed E-state index contributed by atoms with van der Waals surface area (Å²) < 4.78 is 63.0. The Morgan fingerprint density at radius 3 is 2.55 bits per heavy atom. The van der Waals surface area contributed by atoms with E-state index in [1.807, 2.05) is 0 Å². The number of aryl methyl sites for hydroxylation is 1. The van der Waals surface area contributed by atoms with Gasteiger partial charge in [0.15, 0.2) is 5.82 Å². The first-order valence-corrected chi connectivity index (χ1v) is 11.4. The third kappa shape index (κ3) is 4.97. The number of hydrogen-bond donors (Lipinski definition) is 0. The molecule has 0 radical (unpaired) electrons. The van der Waals surface area contributed by atoms with Crippen LogP contribution < -0.4 is 0 Å². The third-order valence-electron chi connectivity index (χ3n) is 5.70. The van der Waals surface area contributed by atoms with Gasteiger partial charge in [-0.3, -0.25) is 9.67 Å². The summed E-state index contributed by atoms with van der Waals surface area (Å²) >= 11 is 6.03. The van der Waals surface area contributed by atoms with Gasteiger partial charge in [0, 0.05) is 36.1 Å². The minimum absolute atomic E-state index is 0.0608. The van der Waals surface area contributed by atoms with Crippen molar-refractivity contribution in [3.05, 3.63) is 71.7 Å². The van der Waals surface area contributed by atoms with E-state index in [-0.39, 0.29) is 29.3 Å². The number of alkyl halides is 2. The molecule has 16 heteroatoms. The zero-order chi connectivity index (χ0) is 26.8. The molecule has 0 fully saturated rings. The number of benzene rings is 1. The lowest BCUT2D eigenvalue weighted by Crippen LogP contribution is -2.16. The monoisotopic (exact) mass is 548 g/mol. The van der Waals surface area contributed by atoms with Gasteiger partial charge >= 0.3 is 6.61 Å². The number of aromatic nitrogens is 10. The van der Waals surface area contributed by atoms with Crippen LogP contribution in [0.1, 0.15) is 18.2 Å². The van der Waals surface area contributed by atoms with Crippen LogP contribution in [-0.2, 0) is 11.8 Å². The van der Waals surface area contributed by atoms with Crippen molar-refractivity contribution in [2.45, 2.75) is 19.1 Å². The number of pyridine rings is 1. The summed E-state index contributed by atoms with van der Waals surface area (Å²) in [5.74, 6) is -1.48. The average Bonchev–Trinajstić information content (AvgIpc) is 3.66. The van der Waals surface area contributed by atoms with Gasteiger partial charge in [-0.25, -0.2) is 9.07 Å². The maximum Gasteiger partial charge on any atom is 0.345 e. The average molecular weight is 549 g/mol. The van der Waals surface area contributed by atoms with Crippen LogP contribution in [0.15, 0.2) is 49.2 Å². The number of tetrazole rings is 1. The number of nitrogens with zero attached hydrogens (tertiary/aromatic N) is 10. The lowest BCUT2D eigenvalue weighted by molar-refractivity contribution is -0.130. The molecule has 0 aliphatic carbocycles. The lowest BCUT2D eigenvalue weighted by Gasteiger charge is -2.18. The number of ether oxygens (including phenoxy) is 1. The van der Waals surface area contributed by atoms with Crippen LogP contribution in [0.25, 0.3) is 28.1 Å². The Kier molecular flexibility index (Phi) is 7.11. The SMILES string of the molecule is Cn1nnc(F)c1-c1cnn(C(CCOC(F)F)c2ccc(-c3c(-n4cnnn4)ccc(Cl)c3F)cn2)c1. The van der Waals surface area contributed by atoms with Gasteiger partial charge in [0.05, 0.1) is 35.2 Å². The summed E-state index contributed by atoms with van der Waals surface area (Å²) in [6.45, 7) is -3.26. The van der Waals surface area contributed by atoms with E-state index in [9.17, 15) is 13.2 Å². The van der Waals surface area contributed by atoms with Crippen molar-refractivity contribution in [3.63, 3.8) is 0 Å². The van der Waals surface area contributed by atoms with Gasteiger partial charge in [0.1, 0.15) is 12.0 Å². The molecule has 11 nitrogen and oxygen atoms in total. The highest BCUT2D eigenvalue weighted by atomic mass is 35.5. The normalized spacial score (nSPS) is 12.4. The number of hydrogen-bond acceptors (Lipinski definition) is 8. The summed E-state index contributed by atoms with van der Waals surface area (Å²) in [5, 5.41) is 22.2. The maximum atomic E-state index is 15.1. The van der Waals surface area contributed by atoms with Crippen molar-refractivity contribution < 1.29 is 22.3 Å². The minimum Gasteiger partial charge on any atom is -0.323 e. The maximum absolute atomic E-state index is 15.1. The van der Waals surface area contributed by atoms with Gasteiger partial charge in [0.2, 0.25) is 0 Å². The van der Waals surface area contributed by atoms with Crippen LogP contribution in [0, 0.1) is 11.8 Å². The van der Waals surface area contributed by atoms with Crippen molar-refractivity contribution in [3.8, 4) is 28.1 Å². The molecule has 0 amide bonds. The largest absolute Gasteiger partial charge is 0.345 e. The molecule has 0 N–H and O–H groups in total. The molecule has 4 heterocycles. The van der Waals surface area contributed by atoms with Crippen molar-refractivity contribution >= 4 is 11.6 Å². The Bertz CT molecular complexity index is 1520. The second-order valence-electron chi connectivity index (χ2n) is 7.98. The van der Waals surface area contributed by atoms with E-state index >= 15 is 4.39 Å². The van der Waals surface area contributed by atoms with Crippen LogP contribution in [0.3, 0.4) is 0 Å². The molecule has 1 unspecified atom stereocenters. The Morgan fingerprint density at radius 2 is 1.89 bits per heavy atom. The molecule has 0 spiro atoms. The standard InChI is InChI=1S/C22H17ClF4N10O/c1-35-20(21(25)31-33-35)13-9-30-36(10-13)16(6-7-38-22(26)27)15-4-2-12(8-28-15)18-17(37-11-29-32-34-37)5-3-14(23)19(18)24/h2-5,8-11,16,22H,6-7H2,1H3. The molecule has 0 bridgehead atoms. The Hall–Kier alpha value is -4.24. The zero-order valence-corrected chi connectivity index (χ0v) is 20.2. The molecular formula is C22H17ClF4N10O. The molecular weight excluding hydrogens is 532 g/mol. The van der Waals surface area contributed by atoms with E-state index in [1.54, 1.807) is 18.2 Å². The molecule has 0 saturated carbocycles. The Labute approximate surface area is 216 Å². The van der Waals surface area contributed by atoms with E-state index in [1.165, 1.54) is 52.1 Å². The van der Waals surface area contributed by atoms with Crippen LogP contribution in [0.2, 0.25) is 5.02 Å². The second-order valence-corrected chi connectivity index (χ2v) is 8.39. The first-order valence-electron chi connectivity index (χ1n) is 11.0. The molecule has 4 aromatic heterocycles. The van der Waals surface area contributed by atoms with Gasteiger partial charge in [-0.2, -0.15) is 23.0 Å². The topological polar surface area (TPSA) is 114 Å². The van der Waals surface area contributed by atoms with Gasteiger partial charge in [0.25, 0.3) is 5.95 Å². The molecule has 0 saturated heterocycles. The van der Waals surface area contributed by atoms with E-state index in [0.29, 0.717) is 22.5 Å². The van der Waals surface area contributed by atoms with Crippen LogP contribution in [-0.4, -0.2) is 63.2 Å². The van der Waals surface area contributed by atoms with Gasteiger partial charge in [-0.05, 0) is 35.0 Å². The second kappa shape index (κ2) is 10.6. The first-order chi connectivity index (χ1) is 18.3. The van der Waals surface area contributed by atoms with Gasteiger partial charge in [-0.1, -0.05) is 28.0 Å². The van der Waals surface area contributed by atoms with Crippen LogP contribution in [0.5, 0.6) is 0 Å². The fraction of sp³-hybridized carbons (Fsp3) is 0.227. The summed E-state index contributed by atoms with van der Waals surface area (Å²) in [6.07, 6.45) is 5.70. The highest BCUT2D eigenvalue weighted by Crippen LogP contribution is 2.34. The lowest BCUT2D eigenvalue weighted by atomic mass is 10.0. The van der Waals surface area contributed by atoms with Crippen molar-refractivity contribution in [1.82, 2.24) is 50.0 Å². The predicted molar refractivity (Wildman–Crippen MR) is 124 cm³/mol. The highest BCUT2D eigenvalue weighted by Gasteiger charge is 2.22. The highest BCUT2D eigenvalue weighted by molar-refractivity contribution is 6.31. The van der Waals surface area contributed by atoms with Gasteiger partial charge < -0.3 is 4.74 Å². The predicted octanol–water partition coefficient (Wildman–Crippen LogP) is 3.87. The molecule has 0 aliphatic rings. The van der Waals surface area contributed by atoms with E-state index in [2.05, 4.69) is 40.7 Å². The number of rotatable bonds is 9. The zero-order valence-electron chi connectivity index (χ0n) is 19.5. The molecule has 196 valence electrons. The summed E-state index contributed by atoms with van der Waals surface area (Å²) in [4.78, 5) is 4.45. The summed E-state index contributed by atoms with van der Waals surface area (Å²) in [6, 6.07) is 5.46. The molecule has 5 aromatic rings. The summed E-state index contributed by atoms with van der Waals surface area (Å²) in [5.41, 5.74) is 1.70. The third-order valence-corrected chi connectivity index (χ3v) is 5.99. The quantitative estimate of drug-likeness (QED) is 0.255. The molecule has 38 heavy (non-hydrogen) atoms. The van der Waals surface area contributed by atoms with E-state index < -0.39 is 24.4 Å². The van der Waals surface area contributed by atoms with E-state index in [4.69, 9.17) is 11.6 Å². The van der Waals surface area contributed by atoms with Crippen molar-refractivity contribution in [2.24, 2.45) is 7.05 Å². The first kappa shape index (κ1) is 25.4.